The lowest BCUT2D eigenvalue weighted by Crippen LogP contribution is -2.26. The van der Waals surface area contributed by atoms with E-state index in [-0.39, 0.29) is 16.9 Å². The number of aliphatic hydroxyl groups excluding tert-OH is 1. The summed E-state index contributed by atoms with van der Waals surface area (Å²) in [5, 5.41) is 10.0. The lowest BCUT2D eigenvalue weighted by atomic mass is 9.72. The maximum Gasteiger partial charge on any atom is 0.0734 e. The zero-order chi connectivity index (χ0) is 30.6. The number of hydrogen-bond donors (Lipinski definition) is 1. The maximum atomic E-state index is 10.0. The van der Waals surface area contributed by atoms with E-state index in [1.165, 1.54) is 44.6 Å². The van der Waals surface area contributed by atoms with Crippen molar-refractivity contribution in [3.63, 3.8) is 0 Å². The summed E-state index contributed by atoms with van der Waals surface area (Å²) in [7, 11) is 0. The Balaban J connectivity index is 1.91. The van der Waals surface area contributed by atoms with Gasteiger partial charge >= 0.3 is 0 Å². The number of aliphatic hydroxyl groups is 1. The van der Waals surface area contributed by atoms with Gasteiger partial charge in [-0.25, -0.2) is 0 Å². The van der Waals surface area contributed by atoms with Gasteiger partial charge in [-0.1, -0.05) is 159 Å². The minimum absolute atomic E-state index is 0.0212. The van der Waals surface area contributed by atoms with Gasteiger partial charge in [-0.2, -0.15) is 0 Å². The maximum absolute atomic E-state index is 10.0. The second-order valence-electron chi connectivity index (χ2n) is 12.7. The van der Waals surface area contributed by atoms with Gasteiger partial charge in [0.25, 0.3) is 0 Å². The molecule has 218 valence electrons. The van der Waals surface area contributed by atoms with E-state index in [1.54, 1.807) is 0 Å². The van der Waals surface area contributed by atoms with Crippen LogP contribution in [0.2, 0.25) is 0 Å². The molecule has 0 spiro atoms. The zero-order valence-corrected chi connectivity index (χ0v) is 27.1. The van der Waals surface area contributed by atoms with Gasteiger partial charge in [0, 0.05) is 5.41 Å². The molecule has 1 unspecified atom stereocenters. The Hall–Kier alpha value is -3.42. The fourth-order valence-electron chi connectivity index (χ4n) is 5.20. The van der Waals surface area contributed by atoms with Crippen LogP contribution in [0.25, 0.3) is 0 Å². The quantitative estimate of drug-likeness (QED) is 0.284. The lowest BCUT2D eigenvalue weighted by molar-refractivity contribution is 0.161. The van der Waals surface area contributed by atoms with Crippen LogP contribution < -0.4 is 0 Å². The molecule has 41 heavy (non-hydrogen) atoms. The molecule has 0 aliphatic heterocycles. The van der Waals surface area contributed by atoms with Gasteiger partial charge < -0.3 is 5.11 Å². The summed E-state index contributed by atoms with van der Waals surface area (Å²) in [6, 6.07) is 0. The van der Waals surface area contributed by atoms with Crippen LogP contribution in [0, 0.1) is 10.8 Å². The molecule has 1 N–H and O–H groups in total. The fraction of sp³-hybridized carbons (Fsp3) is 0.350. The van der Waals surface area contributed by atoms with Crippen LogP contribution in [0.1, 0.15) is 75.7 Å². The minimum Gasteiger partial charge on any atom is -0.389 e. The van der Waals surface area contributed by atoms with E-state index in [1.807, 2.05) is 6.08 Å². The Morgan fingerprint density at radius 3 is 1.63 bits per heavy atom. The van der Waals surface area contributed by atoms with Crippen molar-refractivity contribution in [3.8, 4) is 0 Å². The molecule has 0 fully saturated rings. The van der Waals surface area contributed by atoms with Crippen molar-refractivity contribution in [2.45, 2.75) is 81.8 Å². The summed E-state index contributed by atoms with van der Waals surface area (Å²) in [4.78, 5) is 0. The molecule has 2 aliphatic carbocycles. The van der Waals surface area contributed by atoms with Crippen molar-refractivity contribution in [2.75, 3.05) is 0 Å². The summed E-state index contributed by atoms with van der Waals surface area (Å²) >= 11 is 0. The van der Waals surface area contributed by atoms with Crippen LogP contribution in [0.15, 0.2) is 154 Å². The highest BCUT2D eigenvalue weighted by atomic mass is 16.3. The molecule has 2 aliphatic rings. The topological polar surface area (TPSA) is 20.2 Å². The van der Waals surface area contributed by atoms with E-state index in [9.17, 15) is 5.11 Å². The molecular weight excluding hydrogens is 496 g/mol. The van der Waals surface area contributed by atoms with Crippen LogP contribution in [-0.2, 0) is 0 Å². The largest absolute Gasteiger partial charge is 0.389 e. The van der Waals surface area contributed by atoms with Crippen LogP contribution in [0.3, 0.4) is 0 Å². The normalized spacial score (nSPS) is 24.5. The van der Waals surface area contributed by atoms with E-state index in [0.29, 0.717) is 0 Å². The first-order valence-corrected chi connectivity index (χ1v) is 14.8. The number of hydrogen-bond acceptors (Lipinski definition) is 1. The highest BCUT2D eigenvalue weighted by molar-refractivity contribution is 5.46. The smallest absolute Gasteiger partial charge is 0.0734 e. The standard InChI is InChI=1S/C40H52O/c1-30(18-13-20-32(3)23-25-37-34(5)22-15-27-39(37,7)8)16-11-12-17-31(2)19-14-21-33(4)24-26-38-35(6)28-36(41)29-40(38,9)10/h11-28,36,41H,29H2,1-10H3. The van der Waals surface area contributed by atoms with Crippen LogP contribution >= 0.6 is 0 Å². The van der Waals surface area contributed by atoms with Crippen molar-refractivity contribution in [3.05, 3.63) is 154 Å². The van der Waals surface area contributed by atoms with Gasteiger partial charge in [0.2, 0.25) is 0 Å². The molecule has 0 heterocycles. The predicted octanol–water partition coefficient (Wildman–Crippen LogP) is 11.1. The first-order chi connectivity index (χ1) is 19.2. The van der Waals surface area contributed by atoms with Crippen LogP contribution in [0.5, 0.6) is 0 Å². The van der Waals surface area contributed by atoms with Gasteiger partial charge in [-0.3, -0.25) is 0 Å². The Morgan fingerprint density at radius 1 is 0.683 bits per heavy atom. The highest BCUT2D eigenvalue weighted by Gasteiger charge is 2.30. The van der Waals surface area contributed by atoms with Crippen molar-refractivity contribution in [1.82, 2.24) is 0 Å². The SMILES string of the molecule is CC(C=CC=CC(C)=CC=CC(C)=CC=C1C(C)=CC(O)CC1(C)C)=CC=CC(C)=CC=C1C(C)=CC=CC1(C)C. The molecule has 1 nitrogen and oxygen atoms in total. The van der Waals surface area contributed by atoms with E-state index in [2.05, 4.69) is 173 Å². The molecule has 0 saturated carbocycles. The predicted molar refractivity (Wildman–Crippen MR) is 183 cm³/mol. The molecule has 2 rings (SSSR count). The first kappa shape index (κ1) is 33.8. The van der Waals surface area contributed by atoms with Gasteiger partial charge in [0.15, 0.2) is 0 Å². The van der Waals surface area contributed by atoms with E-state index >= 15 is 0 Å². The molecule has 1 heteroatoms. The second kappa shape index (κ2) is 15.5. The highest BCUT2D eigenvalue weighted by Crippen LogP contribution is 2.40. The summed E-state index contributed by atoms with van der Waals surface area (Å²) < 4.78 is 0. The summed E-state index contributed by atoms with van der Waals surface area (Å²) in [5.74, 6) is 0. The zero-order valence-electron chi connectivity index (χ0n) is 27.1. The molecule has 0 aromatic carbocycles. The minimum atomic E-state index is -0.348. The fourth-order valence-corrected chi connectivity index (χ4v) is 5.20. The average molecular weight is 549 g/mol. The monoisotopic (exact) mass is 548 g/mol. The molecule has 0 amide bonds. The molecule has 0 saturated heterocycles. The Bertz CT molecular complexity index is 1340. The van der Waals surface area contributed by atoms with Crippen LogP contribution in [0.4, 0.5) is 0 Å². The molecule has 0 aromatic heterocycles. The summed E-state index contributed by atoms with van der Waals surface area (Å²) in [6.07, 6.45) is 38.9. The Labute approximate surface area is 251 Å². The summed E-state index contributed by atoms with van der Waals surface area (Å²) in [5.41, 5.74) is 10.0. The molecule has 0 radical (unpaired) electrons. The molecule has 0 aromatic rings. The third-order valence-corrected chi connectivity index (χ3v) is 7.59. The molecule has 1 atom stereocenters. The summed E-state index contributed by atoms with van der Waals surface area (Å²) in [6.45, 7) is 21.7. The second-order valence-corrected chi connectivity index (χ2v) is 12.7. The Kier molecular flexibility index (Phi) is 12.8. The van der Waals surface area contributed by atoms with Crippen molar-refractivity contribution in [1.29, 1.82) is 0 Å². The van der Waals surface area contributed by atoms with Gasteiger partial charge in [-0.05, 0) is 75.7 Å². The van der Waals surface area contributed by atoms with E-state index < -0.39 is 0 Å². The van der Waals surface area contributed by atoms with Crippen molar-refractivity contribution < 1.29 is 5.11 Å². The number of allylic oxidation sites excluding steroid dienone is 25. The van der Waals surface area contributed by atoms with Gasteiger partial charge in [0.1, 0.15) is 0 Å². The molecular formula is C40H52O. The lowest BCUT2D eigenvalue weighted by Gasteiger charge is -2.34. The van der Waals surface area contributed by atoms with Crippen molar-refractivity contribution in [2.24, 2.45) is 10.8 Å². The third-order valence-electron chi connectivity index (χ3n) is 7.59. The molecule has 0 bridgehead atoms. The average Bonchev–Trinajstić information content (AvgIpc) is 2.84. The van der Waals surface area contributed by atoms with Gasteiger partial charge in [-0.15, -0.1) is 0 Å². The van der Waals surface area contributed by atoms with Crippen LogP contribution in [-0.4, -0.2) is 11.2 Å². The Morgan fingerprint density at radius 2 is 1.15 bits per heavy atom. The van der Waals surface area contributed by atoms with E-state index in [4.69, 9.17) is 0 Å². The first-order valence-electron chi connectivity index (χ1n) is 14.8. The van der Waals surface area contributed by atoms with Gasteiger partial charge in [0.05, 0.1) is 6.10 Å². The van der Waals surface area contributed by atoms with E-state index in [0.717, 1.165) is 6.42 Å². The third kappa shape index (κ3) is 11.5. The van der Waals surface area contributed by atoms with Crippen molar-refractivity contribution >= 4 is 0 Å². The number of rotatable bonds is 9.